The molecule has 110 valence electrons. The van der Waals surface area contributed by atoms with Gasteiger partial charge in [-0.1, -0.05) is 6.07 Å². The van der Waals surface area contributed by atoms with Crippen LogP contribution in [0.5, 0.6) is 5.88 Å². The molecule has 6 nitrogen and oxygen atoms in total. The average Bonchev–Trinajstić information content (AvgIpc) is 2.55. The summed E-state index contributed by atoms with van der Waals surface area (Å²) in [5, 5.41) is 0. The summed E-state index contributed by atoms with van der Waals surface area (Å²) in [6.45, 7) is 3.00. The summed E-state index contributed by atoms with van der Waals surface area (Å²) < 4.78 is 18.3. The number of nitrogens with zero attached hydrogens (tertiary/aromatic N) is 5. The Hall–Kier alpha value is -2.44. The van der Waals surface area contributed by atoms with E-state index in [1.165, 1.54) is 6.07 Å². The van der Waals surface area contributed by atoms with Crippen LogP contribution < -0.4 is 14.5 Å². The minimum absolute atomic E-state index is 0.453. The second-order valence-corrected chi connectivity index (χ2v) is 4.69. The van der Waals surface area contributed by atoms with Gasteiger partial charge in [-0.15, -0.1) is 0 Å². The van der Waals surface area contributed by atoms with E-state index in [-0.39, 0.29) is 0 Å². The summed E-state index contributed by atoms with van der Waals surface area (Å²) >= 11 is 0. The highest BCUT2D eigenvalue weighted by atomic mass is 19.1. The Labute approximate surface area is 122 Å². The molecule has 21 heavy (non-hydrogen) atoms. The Morgan fingerprint density at radius 1 is 1.05 bits per heavy atom. The van der Waals surface area contributed by atoms with Crippen molar-refractivity contribution in [3.05, 3.63) is 36.4 Å². The zero-order valence-electron chi connectivity index (χ0n) is 11.7. The van der Waals surface area contributed by atoms with E-state index in [0.29, 0.717) is 17.6 Å². The molecule has 2 aromatic rings. The lowest BCUT2D eigenvalue weighted by Crippen LogP contribution is -2.47. The molecule has 0 bridgehead atoms. The third-order valence-corrected chi connectivity index (χ3v) is 3.41. The fraction of sp³-hybridized carbons (Fsp3) is 0.357. The van der Waals surface area contributed by atoms with Gasteiger partial charge in [0.1, 0.15) is 5.82 Å². The van der Waals surface area contributed by atoms with Crippen molar-refractivity contribution in [3.8, 4) is 5.88 Å². The van der Waals surface area contributed by atoms with Crippen molar-refractivity contribution < 1.29 is 9.13 Å². The van der Waals surface area contributed by atoms with Crippen LogP contribution >= 0.6 is 0 Å². The number of aromatic nitrogens is 3. The number of hydrogen-bond donors (Lipinski definition) is 0. The maximum atomic E-state index is 13.2. The summed E-state index contributed by atoms with van der Waals surface area (Å²) in [6.07, 6.45) is 1.68. The normalized spacial score (nSPS) is 15.1. The molecule has 0 aliphatic carbocycles. The van der Waals surface area contributed by atoms with Crippen LogP contribution in [-0.4, -0.2) is 48.2 Å². The van der Waals surface area contributed by atoms with E-state index in [0.717, 1.165) is 26.2 Å². The van der Waals surface area contributed by atoms with E-state index in [2.05, 4.69) is 24.8 Å². The van der Waals surface area contributed by atoms with Gasteiger partial charge in [0.2, 0.25) is 17.8 Å². The van der Waals surface area contributed by atoms with Crippen LogP contribution in [0.15, 0.2) is 30.5 Å². The highest BCUT2D eigenvalue weighted by Crippen LogP contribution is 2.17. The lowest BCUT2D eigenvalue weighted by atomic mass is 10.3. The maximum Gasteiger partial charge on any atom is 0.228 e. The molecule has 0 atom stereocenters. The SMILES string of the molecule is COc1ccnc(N2CCN(c3cccc(F)n3)CC2)n1. The first-order valence-corrected chi connectivity index (χ1v) is 6.76. The molecule has 0 N–H and O–H groups in total. The van der Waals surface area contributed by atoms with Crippen LogP contribution in [0.4, 0.5) is 16.2 Å². The maximum absolute atomic E-state index is 13.2. The second kappa shape index (κ2) is 5.90. The lowest BCUT2D eigenvalue weighted by Gasteiger charge is -2.35. The van der Waals surface area contributed by atoms with Gasteiger partial charge in [0.15, 0.2) is 0 Å². The molecule has 0 saturated carbocycles. The first kappa shape index (κ1) is 13.5. The summed E-state index contributed by atoms with van der Waals surface area (Å²) in [6, 6.07) is 6.57. The zero-order chi connectivity index (χ0) is 14.7. The van der Waals surface area contributed by atoms with Gasteiger partial charge in [0.05, 0.1) is 7.11 Å². The number of halogens is 1. The summed E-state index contributed by atoms with van der Waals surface area (Å²) in [5.74, 6) is 1.42. The zero-order valence-corrected chi connectivity index (χ0v) is 11.7. The Bertz CT molecular complexity index is 616. The topological polar surface area (TPSA) is 54.4 Å². The predicted octanol–water partition coefficient (Wildman–Crippen LogP) is 1.35. The number of methoxy groups -OCH3 is 1. The standard InChI is InChI=1S/C14H16FN5O/c1-21-13-5-6-16-14(18-13)20-9-7-19(8-10-20)12-4-2-3-11(15)17-12/h2-6H,7-10H2,1H3. The second-order valence-electron chi connectivity index (χ2n) is 4.69. The molecule has 1 saturated heterocycles. The minimum atomic E-state index is -0.453. The molecule has 1 fully saturated rings. The van der Waals surface area contributed by atoms with Crippen LogP contribution in [-0.2, 0) is 0 Å². The third kappa shape index (κ3) is 3.01. The van der Waals surface area contributed by atoms with E-state index in [4.69, 9.17) is 4.74 Å². The Balaban J connectivity index is 1.67. The molecule has 1 aliphatic heterocycles. The van der Waals surface area contributed by atoms with Crippen molar-refractivity contribution in [2.45, 2.75) is 0 Å². The van der Waals surface area contributed by atoms with Crippen LogP contribution in [0.2, 0.25) is 0 Å². The smallest absolute Gasteiger partial charge is 0.228 e. The van der Waals surface area contributed by atoms with E-state index in [1.54, 1.807) is 25.4 Å². The number of anilines is 2. The van der Waals surface area contributed by atoms with Crippen molar-refractivity contribution in [3.63, 3.8) is 0 Å². The van der Waals surface area contributed by atoms with Crippen LogP contribution in [0.25, 0.3) is 0 Å². The Morgan fingerprint density at radius 3 is 2.52 bits per heavy atom. The molecular weight excluding hydrogens is 273 g/mol. The van der Waals surface area contributed by atoms with Crippen molar-refractivity contribution in [1.29, 1.82) is 0 Å². The first-order valence-electron chi connectivity index (χ1n) is 6.76. The lowest BCUT2D eigenvalue weighted by molar-refractivity contribution is 0.396. The number of pyridine rings is 1. The molecule has 1 aliphatic rings. The molecular formula is C14H16FN5O. The van der Waals surface area contributed by atoms with Gasteiger partial charge in [-0.2, -0.15) is 9.37 Å². The van der Waals surface area contributed by atoms with Crippen LogP contribution in [0.3, 0.4) is 0 Å². The molecule has 0 aromatic carbocycles. The van der Waals surface area contributed by atoms with Gasteiger partial charge in [-0.25, -0.2) is 9.97 Å². The minimum Gasteiger partial charge on any atom is -0.481 e. The monoisotopic (exact) mass is 289 g/mol. The summed E-state index contributed by atoms with van der Waals surface area (Å²) in [5.41, 5.74) is 0. The van der Waals surface area contributed by atoms with Gasteiger partial charge in [0, 0.05) is 38.4 Å². The molecule has 7 heteroatoms. The molecule has 3 rings (SSSR count). The number of ether oxygens (including phenoxy) is 1. The fourth-order valence-electron chi connectivity index (χ4n) is 2.31. The van der Waals surface area contributed by atoms with Crippen molar-refractivity contribution in [2.75, 3.05) is 43.1 Å². The third-order valence-electron chi connectivity index (χ3n) is 3.41. The van der Waals surface area contributed by atoms with Crippen LogP contribution in [0, 0.1) is 5.95 Å². The first-order chi connectivity index (χ1) is 10.3. The number of rotatable bonds is 3. The van der Waals surface area contributed by atoms with Gasteiger partial charge in [-0.3, -0.25) is 0 Å². The molecule has 2 aromatic heterocycles. The highest BCUT2D eigenvalue weighted by Gasteiger charge is 2.20. The number of piperazine rings is 1. The fourth-order valence-corrected chi connectivity index (χ4v) is 2.31. The van der Waals surface area contributed by atoms with Gasteiger partial charge in [-0.05, 0) is 12.1 Å². The van der Waals surface area contributed by atoms with E-state index < -0.39 is 5.95 Å². The van der Waals surface area contributed by atoms with Crippen molar-refractivity contribution >= 4 is 11.8 Å². The van der Waals surface area contributed by atoms with E-state index in [9.17, 15) is 4.39 Å². The Morgan fingerprint density at radius 2 is 1.81 bits per heavy atom. The molecule has 0 spiro atoms. The van der Waals surface area contributed by atoms with E-state index in [1.807, 2.05) is 6.07 Å². The van der Waals surface area contributed by atoms with Crippen LogP contribution in [0.1, 0.15) is 0 Å². The highest BCUT2D eigenvalue weighted by molar-refractivity contribution is 5.42. The molecule has 3 heterocycles. The molecule has 0 radical (unpaired) electrons. The summed E-state index contributed by atoms with van der Waals surface area (Å²) in [7, 11) is 1.58. The summed E-state index contributed by atoms with van der Waals surface area (Å²) in [4.78, 5) is 16.6. The van der Waals surface area contributed by atoms with Gasteiger partial charge >= 0.3 is 0 Å². The number of hydrogen-bond acceptors (Lipinski definition) is 6. The van der Waals surface area contributed by atoms with Crippen molar-refractivity contribution in [1.82, 2.24) is 15.0 Å². The predicted molar refractivity (Wildman–Crippen MR) is 77.2 cm³/mol. The Kier molecular flexibility index (Phi) is 3.81. The molecule has 0 unspecified atom stereocenters. The largest absolute Gasteiger partial charge is 0.481 e. The van der Waals surface area contributed by atoms with Crippen molar-refractivity contribution in [2.24, 2.45) is 0 Å². The molecule has 0 amide bonds. The van der Waals surface area contributed by atoms with Gasteiger partial charge < -0.3 is 14.5 Å². The van der Waals surface area contributed by atoms with E-state index >= 15 is 0 Å². The average molecular weight is 289 g/mol. The van der Waals surface area contributed by atoms with Gasteiger partial charge in [0.25, 0.3) is 0 Å². The quantitative estimate of drug-likeness (QED) is 0.795.